The Kier molecular flexibility index (Phi) is 2.58. The number of amides is 2. The molecule has 1 aliphatic rings. The maximum Gasteiger partial charge on any atom is 0.266 e. The second-order valence-corrected chi connectivity index (χ2v) is 4.27. The third-order valence-corrected chi connectivity index (χ3v) is 3.11. The molecule has 2 aromatic carbocycles. The van der Waals surface area contributed by atoms with Crippen molar-refractivity contribution in [2.24, 2.45) is 0 Å². The van der Waals surface area contributed by atoms with Crippen LogP contribution in [0.5, 0.6) is 0 Å². The molecule has 0 saturated heterocycles. The van der Waals surface area contributed by atoms with Gasteiger partial charge in [-0.05, 0) is 30.3 Å². The molecule has 1 heterocycles. The molecular weight excluding hydrogens is 259 g/mol. The van der Waals surface area contributed by atoms with E-state index in [0.717, 1.165) is 11.0 Å². The van der Waals surface area contributed by atoms with Gasteiger partial charge in [-0.3, -0.25) is 9.59 Å². The Morgan fingerprint density at radius 2 is 1.60 bits per heavy atom. The smallest absolute Gasteiger partial charge is 0.266 e. The summed E-state index contributed by atoms with van der Waals surface area (Å²) in [6.07, 6.45) is 0. The van der Waals surface area contributed by atoms with Crippen LogP contribution in [0.3, 0.4) is 0 Å². The second-order valence-electron chi connectivity index (χ2n) is 4.27. The van der Waals surface area contributed by atoms with Crippen molar-refractivity contribution in [1.29, 1.82) is 5.26 Å². The van der Waals surface area contributed by atoms with Crippen LogP contribution >= 0.6 is 0 Å². The summed E-state index contributed by atoms with van der Waals surface area (Å²) in [6, 6.07) is 11.8. The summed E-state index contributed by atoms with van der Waals surface area (Å²) in [5.74, 6) is -1.90. The molecule has 1 aliphatic heterocycles. The maximum absolute atomic E-state index is 14.0. The third kappa shape index (κ3) is 1.59. The Morgan fingerprint density at radius 1 is 1.00 bits per heavy atom. The highest BCUT2D eigenvalue weighted by molar-refractivity contribution is 6.34. The number of hydrogen-bond donors (Lipinski definition) is 0. The Bertz CT molecular complexity index is 758. The zero-order valence-corrected chi connectivity index (χ0v) is 10.1. The van der Waals surface area contributed by atoms with Gasteiger partial charge < -0.3 is 0 Å². The van der Waals surface area contributed by atoms with Gasteiger partial charge in [0.25, 0.3) is 11.8 Å². The first-order valence-corrected chi connectivity index (χ1v) is 5.81. The number of carbonyl (C=O) groups excluding carboxylic acids is 2. The van der Waals surface area contributed by atoms with Crippen molar-refractivity contribution >= 4 is 17.5 Å². The Morgan fingerprint density at radius 3 is 2.10 bits per heavy atom. The summed E-state index contributed by atoms with van der Waals surface area (Å²) in [4.78, 5) is 25.2. The molecule has 96 valence electrons. The lowest BCUT2D eigenvalue weighted by atomic mass is 10.1. The molecule has 0 spiro atoms. The minimum Gasteiger partial charge on any atom is -0.268 e. The molecule has 4 nitrogen and oxygen atoms in total. The van der Waals surface area contributed by atoms with Crippen molar-refractivity contribution in [1.82, 2.24) is 0 Å². The summed E-state index contributed by atoms with van der Waals surface area (Å²) in [5.41, 5.74) is 0.487. The predicted octanol–water partition coefficient (Wildman–Crippen LogP) is 2.50. The largest absolute Gasteiger partial charge is 0.268 e. The van der Waals surface area contributed by atoms with E-state index < -0.39 is 17.6 Å². The molecule has 2 aromatic rings. The number of hydrogen-bond acceptors (Lipinski definition) is 3. The maximum atomic E-state index is 14.0. The van der Waals surface area contributed by atoms with E-state index in [-0.39, 0.29) is 22.4 Å². The fourth-order valence-corrected chi connectivity index (χ4v) is 2.17. The highest BCUT2D eigenvalue weighted by atomic mass is 19.1. The average molecular weight is 266 g/mol. The van der Waals surface area contributed by atoms with Gasteiger partial charge in [0.1, 0.15) is 5.82 Å². The molecule has 0 fully saturated rings. The van der Waals surface area contributed by atoms with Crippen LogP contribution in [0.15, 0.2) is 42.5 Å². The molecule has 2 amide bonds. The molecular formula is C15H7FN2O2. The first kappa shape index (κ1) is 12.1. The van der Waals surface area contributed by atoms with Crippen LogP contribution in [0.25, 0.3) is 0 Å². The van der Waals surface area contributed by atoms with Gasteiger partial charge in [0.05, 0.1) is 28.4 Å². The molecule has 5 heteroatoms. The predicted molar refractivity (Wildman–Crippen MR) is 68.7 cm³/mol. The normalized spacial score (nSPS) is 13.3. The van der Waals surface area contributed by atoms with Crippen LogP contribution in [-0.2, 0) is 0 Å². The molecule has 0 aromatic heterocycles. The van der Waals surface area contributed by atoms with Crippen molar-refractivity contribution in [3.8, 4) is 6.07 Å². The first-order chi connectivity index (χ1) is 9.63. The molecule has 0 unspecified atom stereocenters. The summed E-state index contributed by atoms with van der Waals surface area (Å²) < 4.78 is 14.0. The number of carbonyl (C=O) groups is 2. The van der Waals surface area contributed by atoms with Crippen LogP contribution in [-0.4, -0.2) is 11.8 Å². The zero-order valence-electron chi connectivity index (χ0n) is 10.1. The first-order valence-electron chi connectivity index (χ1n) is 5.81. The van der Waals surface area contributed by atoms with Gasteiger partial charge in [-0.2, -0.15) is 5.26 Å². The van der Waals surface area contributed by atoms with Crippen molar-refractivity contribution in [3.63, 3.8) is 0 Å². The van der Waals surface area contributed by atoms with E-state index in [9.17, 15) is 14.0 Å². The van der Waals surface area contributed by atoms with Crippen LogP contribution in [0.1, 0.15) is 26.3 Å². The lowest BCUT2D eigenvalue weighted by Gasteiger charge is -2.14. The quantitative estimate of drug-likeness (QED) is 0.745. The van der Waals surface area contributed by atoms with Crippen LogP contribution in [0.4, 0.5) is 10.1 Å². The SMILES string of the molecule is N#Cc1ccc(N2C(=O)c3ccccc3C2=O)c(F)c1. The molecule has 20 heavy (non-hydrogen) atoms. The number of imide groups is 1. The zero-order chi connectivity index (χ0) is 14.3. The molecule has 0 bridgehead atoms. The van der Waals surface area contributed by atoms with Crippen molar-refractivity contribution in [2.75, 3.05) is 4.90 Å². The monoisotopic (exact) mass is 266 g/mol. The van der Waals surface area contributed by atoms with Crippen molar-refractivity contribution in [3.05, 3.63) is 65.0 Å². The number of benzene rings is 2. The van der Waals surface area contributed by atoms with Gasteiger partial charge in [0.2, 0.25) is 0 Å². The molecule has 0 radical (unpaired) electrons. The van der Waals surface area contributed by atoms with Crippen LogP contribution in [0, 0.1) is 17.1 Å². The molecule has 0 aliphatic carbocycles. The number of fused-ring (bicyclic) bond motifs is 1. The fourth-order valence-electron chi connectivity index (χ4n) is 2.17. The lowest BCUT2D eigenvalue weighted by molar-refractivity contribution is 0.0925. The Hall–Kier alpha value is -3.00. The summed E-state index contributed by atoms with van der Waals surface area (Å²) >= 11 is 0. The van der Waals surface area contributed by atoms with Crippen molar-refractivity contribution in [2.45, 2.75) is 0 Å². The van der Waals surface area contributed by atoms with E-state index in [2.05, 4.69) is 0 Å². The standard InChI is InChI=1S/C15H7FN2O2/c16-12-7-9(8-17)5-6-13(12)18-14(19)10-3-1-2-4-11(10)15(18)20/h1-7H. The fraction of sp³-hybridized carbons (Fsp3) is 0. The highest BCUT2D eigenvalue weighted by Gasteiger charge is 2.37. The summed E-state index contributed by atoms with van der Waals surface area (Å²) in [5, 5.41) is 8.70. The van der Waals surface area contributed by atoms with Gasteiger partial charge >= 0.3 is 0 Å². The van der Waals surface area contributed by atoms with E-state index in [1.54, 1.807) is 18.2 Å². The number of rotatable bonds is 1. The average Bonchev–Trinajstić information content (AvgIpc) is 2.72. The van der Waals surface area contributed by atoms with E-state index in [1.165, 1.54) is 24.3 Å². The van der Waals surface area contributed by atoms with Gasteiger partial charge in [0, 0.05) is 0 Å². The number of nitrogens with zero attached hydrogens (tertiary/aromatic N) is 2. The van der Waals surface area contributed by atoms with E-state index in [4.69, 9.17) is 5.26 Å². The van der Waals surface area contributed by atoms with Gasteiger partial charge in [-0.25, -0.2) is 9.29 Å². The minimum absolute atomic E-state index is 0.128. The van der Waals surface area contributed by atoms with Crippen molar-refractivity contribution < 1.29 is 14.0 Å². The van der Waals surface area contributed by atoms with E-state index in [1.807, 2.05) is 0 Å². The van der Waals surface area contributed by atoms with E-state index >= 15 is 0 Å². The lowest BCUT2D eigenvalue weighted by Crippen LogP contribution is -2.30. The number of halogens is 1. The minimum atomic E-state index is -0.779. The van der Waals surface area contributed by atoms with Gasteiger partial charge in [0.15, 0.2) is 0 Å². The number of anilines is 1. The van der Waals surface area contributed by atoms with Crippen LogP contribution in [0.2, 0.25) is 0 Å². The van der Waals surface area contributed by atoms with Gasteiger partial charge in [-0.1, -0.05) is 12.1 Å². The highest BCUT2D eigenvalue weighted by Crippen LogP contribution is 2.30. The molecule has 0 saturated carbocycles. The Balaban J connectivity index is 2.12. The molecule has 0 N–H and O–H groups in total. The summed E-state index contributed by atoms with van der Waals surface area (Å²) in [7, 11) is 0. The van der Waals surface area contributed by atoms with Crippen LogP contribution < -0.4 is 4.90 Å². The Labute approximate surface area is 113 Å². The van der Waals surface area contributed by atoms with Gasteiger partial charge in [-0.15, -0.1) is 0 Å². The molecule has 0 atom stereocenters. The third-order valence-electron chi connectivity index (χ3n) is 3.11. The van der Waals surface area contributed by atoms with E-state index in [0.29, 0.717) is 0 Å². The summed E-state index contributed by atoms with van der Waals surface area (Å²) in [6.45, 7) is 0. The topological polar surface area (TPSA) is 61.2 Å². The second kappa shape index (κ2) is 4.28. The molecule has 3 rings (SSSR count). The number of nitriles is 1.